The molecule has 0 radical (unpaired) electrons. The van der Waals surface area contributed by atoms with Gasteiger partial charge in [0.1, 0.15) is 5.82 Å². The number of benzene rings is 1. The second-order valence-corrected chi connectivity index (χ2v) is 3.01. The number of methoxy groups -OCH3 is 1. The third-order valence-electron chi connectivity index (χ3n) is 1.99. The summed E-state index contributed by atoms with van der Waals surface area (Å²) in [6.07, 6.45) is 0. The van der Waals surface area contributed by atoms with E-state index in [9.17, 15) is 13.6 Å². The number of nitrogens with one attached hydrogen (secondary N) is 2. The molecule has 16 heavy (non-hydrogen) atoms. The molecule has 6 heteroatoms. The van der Waals surface area contributed by atoms with Crippen LogP contribution in [-0.2, 0) is 6.54 Å². The van der Waals surface area contributed by atoms with Crippen LogP contribution in [0.4, 0.5) is 13.6 Å². The lowest BCUT2D eigenvalue weighted by atomic mass is 10.2. The lowest BCUT2D eigenvalue weighted by Crippen LogP contribution is -2.32. The topological polar surface area (TPSA) is 50.4 Å². The monoisotopic (exact) mass is 230 g/mol. The van der Waals surface area contributed by atoms with Crippen LogP contribution >= 0.6 is 0 Å². The van der Waals surface area contributed by atoms with Crippen LogP contribution in [-0.4, -0.2) is 20.2 Å². The average Bonchev–Trinajstić information content (AvgIpc) is 2.29. The standard InChI is InChI=1S/C10H12F2N2O2/c1-13-10(15)14-5-6-3-8(12)9(16-2)4-7(6)11/h3-4H,5H2,1-2H3,(H2,13,14,15). The van der Waals surface area contributed by atoms with Gasteiger partial charge in [0.15, 0.2) is 11.6 Å². The van der Waals surface area contributed by atoms with Gasteiger partial charge in [-0.15, -0.1) is 0 Å². The molecule has 0 unspecified atom stereocenters. The minimum absolute atomic E-state index is 0.0573. The first-order valence-corrected chi connectivity index (χ1v) is 4.56. The number of carbonyl (C=O) groups is 1. The van der Waals surface area contributed by atoms with Gasteiger partial charge in [-0.2, -0.15) is 0 Å². The summed E-state index contributed by atoms with van der Waals surface area (Å²) in [5.74, 6) is -1.46. The van der Waals surface area contributed by atoms with Crippen LogP contribution < -0.4 is 15.4 Å². The Morgan fingerprint density at radius 2 is 2.06 bits per heavy atom. The maximum atomic E-state index is 13.4. The van der Waals surface area contributed by atoms with E-state index in [1.807, 2.05) is 0 Å². The molecule has 4 nitrogen and oxygen atoms in total. The molecule has 88 valence electrons. The Kier molecular flexibility index (Phi) is 4.04. The molecule has 2 amide bonds. The van der Waals surface area contributed by atoms with Crippen LogP contribution in [0, 0.1) is 11.6 Å². The number of rotatable bonds is 3. The quantitative estimate of drug-likeness (QED) is 0.824. The fourth-order valence-electron chi connectivity index (χ4n) is 1.13. The van der Waals surface area contributed by atoms with Crippen LogP contribution in [0.15, 0.2) is 12.1 Å². The molecular weight excluding hydrogens is 218 g/mol. The normalized spacial score (nSPS) is 9.75. The highest BCUT2D eigenvalue weighted by Crippen LogP contribution is 2.20. The summed E-state index contributed by atoms with van der Waals surface area (Å²) >= 11 is 0. The Bertz CT molecular complexity index is 397. The Hall–Kier alpha value is -1.85. The third kappa shape index (κ3) is 2.82. The van der Waals surface area contributed by atoms with E-state index in [0.717, 1.165) is 12.1 Å². The number of halogens is 2. The van der Waals surface area contributed by atoms with Gasteiger partial charge in [-0.1, -0.05) is 0 Å². The number of amides is 2. The molecule has 1 aromatic rings. The van der Waals surface area contributed by atoms with Gasteiger partial charge < -0.3 is 15.4 Å². The van der Waals surface area contributed by atoms with Crippen molar-refractivity contribution in [2.45, 2.75) is 6.54 Å². The summed E-state index contributed by atoms with van der Waals surface area (Å²) < 4.78 is 31.2. The zero-order chi connectivity index (χ0) is 12.1. The smallest absolute Gasteiger partial charge is 0.314 e. The van der Waals surface area contributed by atoms with E-state index in [0.29, 0.717) is 0 Å². The Balaban J connectivity index is 2.81. The minimum Gasteiger partial charge on any atom is -0.494 e. The number of carbonyl (C=O) groups excluding carboxylic acids is 1. The van der Waals surface area contributed by atoms with Gasteiger partial charge >= 0.3 is 6.03 Å². The van der Waals surface area contributed by atoms with Crippen molar-refractivity contribution in [1.29, 1.82) is 0 Å². The SMILES string of the molecule is CNC(=O)NCc1cc(F)c(OC)cc1F. The molecule has 0 aromatic heterocycles. The molecule has 0 spiro atoms. The van der Waals surface area contributed by atoms with Gasteiger partial charge in [-0.25, -0.2) is 13.6 Å². The molecule has 0 bridgehead atoms. The molecule has 0 saturated carbocycles. The molecule has 0 aliphatic carbocycles. The Labute approximate surface area is 91.6 Å². The van der Waals surface area contributed by atoms with Gasteiger partial charge in [0.25, 0.3) is 0 Å². The van der Waals surface area contributed by atoms with Gasteiger partial charge in [0, 0.05) is 25.2 Å². The largest absolute Gasteiger partial charge is 0.494 e. The lowest BCUT2D eigenvalue weighted by molar-refractivity contribution is 0.242. The molecular formula is C10H12F2N2O2. The van der Waals surface area contributed by atoms with Crippen LogP contribution in [0.2, 0.25) is 0 Å². The van der Waals surface area contributed by atoms with E-state index in [-0.39, 0.29) is 17.9 Å². The molecule has 0 heterocycles. The first-order chi connectivity index (χ1) is 7.58. The van der Waals surface area contributed by atoms with Crippen molar-refractivity contribution in [2.24, 2.45) is 0 Å². The van der Waals surface area contributed by atoms with E-state index in [2.05, 4.69) is 15.4 Å². The van der Waals surface area contributed by atoms with Crippen molar-refractivity contribution in [2.75, 3.05) is 14.2 Å². The number of urea groups is 1. The van der Waals surface area contributed by atoms with Crippen molar-refractivity contribution in [3.63, 3.8) is 0 Å². The summed E-state index contributed by atoms with van der Waals surface area (Å²) in [4.78, 5) is 10.8. The average molecular weight is 230 g/mol. The lowest BCUT2D eigenvalue weighted by Gasteiger charge is -2.08. The van der Waals surface area contributed by atoms with Crippen LogP contribution in [0.25, 0.3) is 0 Å². The zero-order valence-corrected chi connectivity index (χ0v) is 8.93. The second-order valence-electron chi connectivity index (χ2n) is 3.01. The molecule has 2 N–H and O–H groups in total. The second kappa shape index (κ2) is 5.29. The van der Waals surface area contributed by atoms with Crippen molar-refractivity contribution in [3.8, 4) is 5.75 Å². The zero-order valence-electron chi connectivity index (χ0n) is 8.93. The molecule has 0 aliphatic heterocycles. The van der Waals surface area contributed by atoms with Crippen LogP contribution in [0.3, 0.4) is 0 Å². The number of ether oxygens (including phenoxy) is 1. The van der Waals surface area contributed by atoms with E-state index >= 15 is 0 Å². The van der Waals surface area contributed by atoms with Crippen molar-refractivity contribution in [1.82, 2.24) is 10.6 Å². The fourth-order valence-corrected chi connectivity index (χ4v) is 1.13. The van der Waals surface area contributed by atoms with E-state index in [4.69, 9.17) is 0 Å². The van der Waals surface area contributed by atoms with Crippen LogP contribution in [0.1, 0.15) is 5.56 Å². The number of hydrogen-bond donors (Lipinski definition) is 2. The van der Waals surface area contributed by atoms with Gasteiger partial charge in [-0.3, -0.25) is 0 Å². The summed E-state index contributed by atoms with van der Waals surface area (Å²) in [5.41, 5.74) is 0.0573. The van der Waals surface area contributed by atoms with Gasteiger partial charge in [0.2, 0.25) is 0 Å². The summed E-state index contributed by atoms with van der Waals surface area (Å²) in [7, 11) is 2.68. The van der Waals surface area contributed by atoms with E-state index in [1.54, 1.807) is 0 Å². The molecule has 0 fully saturated rings. The van der Waals surface area contributed by atoms with Gasteiger partial charge in [0.05, 0.1) is 7.11 Å². The first kappa shape index (κ1) is 12.2. The Morgan fingerprint density at radius 1 is 1.38 bits per heavy atom. The molecule has 1 rings (SSSR count). The predicted molar refractivity (Wildman–Crippen MR) is 54.2 cm³/mol. The highest BCUT2D eigenvalue weighted by Gasteiger charge is 2.10. The Morgan fingerprint density at radius 3 is 2.62 bits per heavy atom. The third-order valence-corrected chi connectivity index (χ3v) is 1.99. The maximum Gasteiger partial charge on any atom is 0.314 e. The van der Waals surface area contributed by atoms with Gasteiger partial charge in [-0.05, 0) is 6.07 Å². The van der Waals surface area contributed by atoms with E-state index in [1.165, 1.54) is 14.2 Å². The van der Waals surface area contributed by atoms with Crippen molar-refractivity contribution in [3.05, 3.63) is 29.3 Å². The highest BCUT2D eigenvalue weighted by atomic mass is 19.1. The molecule has 0 saturated heterocycles. The van der Waals surface area contributed by atoms with Crippen LogP contribution in [0.5, 0.6) is 5.75 Å². The highest BCUT2D eigenvalue weighted by molar-refractivity contribution is 5.73. The molecule has 0 atom stereocenters. The van der Waals surface area contributed by atoms with E-state index < -0.39 is 17.7 Å². The summed E-state index contributed by atoms with van der Waals surface area (Å²) in [5, 5.41) is 4.66. The van der Waals surface area contributed by atoms with Crippen molar-refractivity contribution < 1.29 is 18.3 Å². The first-order valence-electron chi connectivity index (χ1n) is 4.56. The maximum absolute atomic E-state index is 13.4. The molecule has 0 aliphatic rings. The fraction of sp³-hybridized carbons (Fsp3) is 0.300. The number of hydrogen-bond acceptors (Lipinski definition) is 2. The predicted octanol–water partition coefficient (Wildman–Crippen LogP) is 1.40. The minimum atomic E-state index is -0.669. The van der Waals surface area contributed by atoms with Crippen molar-refractivity contribution >= 4 is 6.03 Å². The molecule has 1 aromatic carbocycles. The summed E-state index contributed by atoms with van der Waals surface area (Å²) in [6.45, 7) is -0.0909. The summed E-state index contributed by atoms with van der Waals surface area (Å²) in [6, 6.07) is 1.47.